The molecule has 0 bridgehead atoms. The Morgan fingerprint density at radius 2 is 2.00 bits per heavy atom. The van der Waals surface area contributed by atoms with Crippen LogP contribution in [0.4, 0.5) is 5.69 Å². The number of thiophene rings is 1. The van der Waals surface area contributed by atoms with Gasteiger partial charge in [-0.15, -0.1) is 0 Å². The van der Waals surface area contributed by atoms with E-state index in [-0.39, 0.29) is 5.91 Å². The molecule has 3 heterocycles. The topological polar surface area (TPSA) is 42.0 Å². The Morgan fingerprint density at radius 1 is 1.12 bits per heavy atom. The van der Waals surface area contributed by atoms with Crippen molar-refractivity contribution in [1.82, 2.24) is 4.90 Å². The van der Waals surface area contributed by atoms with Gasteiger partial charge in [0.2, 0.25) is 5.91 Å². The predicted molar refractivity (Wildman–Crippen MR) is 98.4 cm³/mol. The summed E-state index contributed by atoms with van der Waals surface area (Å²) in [7, 11) is 0. The van der Waals surface area contributed by atoms with Crippen LogP contribution in [-0.4, -0.2) is 50.3 Å². The number of hydrogen-bond donors (Lipinski definition) is 0. The second-order valence-electron chi connectivity index (χ2n) is 6.36. The number of ether oxygens (including phenoxy) is 2. The minimum absolute atomic E-state index is 0.159. The summed E-state index contributed by atoms with van der Waals surface area (Å²) in [6, 6.07) is 8.32. The van der Waals surface area contributed by atoms with Gasteiger partial charge in [-0.1, -0.05) is 0 Å². The monoisotopic (exact) mass is 358 g/mol. The van der Waals surface area contributed by atoms with Crippen molar-refractivity contribution >= 4 is 22.9 Å². The molecule has 0 atom stereocenters. The molecule has 0 spiro atoms. The van der Waals surface area contributed by atoms with E-state index in [4.69, 9.17) is 9.47 Å². The molecule has 2 aromatic rings. The van der Waals surface area contributed by atoms with E-state index in [0.717, 1.165) is 43.2 Å². The summed E-state index contributed by atoms with van der Waals surface area (Å²) in [6.07, 6.45) is 0.460. The number of nitrogens with zero attached hydrogens (tertiary/aromatic N) is 2. The molecule has 6 heteroatoms. The van der Waals surface area contributed by atoms with Gasteiger partial charge < -0.3 is 19.3 Å². The molecule has 1 aromatic carbocycles. The Kier molecular flexibility index (Phi) is 4.90. The summed E-state index contributed by atoms with van der Waals surface area (Å²) >= 11 is 1.63. The van der Waals surface area contributed by atoms with Crippen molar-refractivity contribution in [3.8, 4) is 5.75 Å². The van der Waals surface area contributed by atoms with E-state index >= 15 is 0 Å². The van der Waals surface area contributed by atoms with Crippen LogP contribution in [0.3, 0.4) is 0 Å². The average Bonchev–Trinajstić information content (AvgIpc) is 3.06. The van der Waals surface area contributed by atoms with Crippen molar-refractivity contribution in [2.24, 2.45) is 0 Å². The third-order valence-electron chi connectivity index (χ3n) is 4.69. The highest BCUT2D eigenvalue weighted by atomic mass is 32.1. The molecule has 4 rings (SSSR count). The fourth-order valence-electron chi connectivity index (χ4n) is 3.29. The highest BCUT2D eigenvalue weighted by Gasteiger charge is 2.21. The first-order valence-corrected chi connectivity index (χ1v) is 9.61. The van der Waals surface area contributed by atoms with Crippen molar-refractivity contribution in [3.63, 3.8) is 0 Å². The van der Waals surface area contributed by atoms with Gasteiger partial charge in [0.1, 0.15) is 12.4 Å². The van der Waals surface area contributed by atoms with Crippen molar-refractivity contribution in [2.45, 2.75) is 13.0 Å². The van der Waals surface area contributed by atoms with Crippen LogP contribution in [0, 0.1) is 0 Å². The summed E-state index contributed by atoms with van der Waals surface area (Å²) in [5, 5.41) is 4.05. The minimum Gasteiger partial charge on any atom is -0.491 e. The van der Waals surface area contributed by atoms with E-state index in [9.17, 15) is 4.79 Å². The van der Waals surface area contributed by atoms with Crippen molar-refractivity contribution in [1.29, 1.82) is 0 Å². The lowest BCUT2D eigenvalue weighted by Gasteiger charge is -2.29. The molecule has 0 saturated carbocycles. The van der Waals surface area contributed by atoms with Crippen LogP contribution < -0.4 is 9.64 Å². The Morgan fingerprint density at radius 3 is 2.80 bits per heavy atom. The van der Waals surface area contributed by atoms with E-state index < -0.39 is 0 Å². The number of rotatable bonds is 3. The lowest BCUT2D eigenvalue weighted by atomic mass is 10.1. The maximum atomic E-state index is 12.7. The maximum Gasteiger partial charge on any atom is 0.227 e. The first-order valence-electron chi connectivity index (χ1n) is 8.67. The molecule has 1 aromatic heterocycles. The van der Waals surface area contributed by atoms with Gasteiger partial charge in [-0.3, -0.25) is 4.79 Å². The van der Waals surface area contributed by atoms with Gasteiger partial charge in [-0.05, 0) is 40.6 Å². The zero-order valence-electron chi connectivity index (χ0n) is 14.1. The third kappa shape index (κ3) is 3.80. The molecular formula is C19H22N2O3S. The minimum atomic E-state index is 0.159. The van der Waals surface area contributed by atoms with Crippen LogP contribution in [0.15, 0.2) is 35.0 Å². The van der Waals surface area contributed by atoms with Crippen molar-refractivity contribution < 1.29 is 14.3 Å². The molecule has 5 nitrogen and oxygen atoms in total. The molecule has 2 aliphatic rings. The molecule has 1 amide bonds. The number of morpholine rings is 1. The number of benzene rings is 1. The summed E-state index contributed by atoms with van der Waals surface area (Å²) in [5.74, 6) is 1.05. The molecule has 0 N–H and O–H groups in total. The standard InChI is InChI=1S/C19H22N2O3S/c22-19(11-15-3-10-25-14-15)21-6-9-24-18-2-1-17(12-16(18)13-21)20-4-7-23-8-5-20/h1-3,10,12,14H,4-9,11,13H2. The van der Waals surface area contributed by atoms with Crippen molar-refractivity contribution in [3.05, 3.63) is 46.2 Å². The molecule has 25 heavy (non-hydrogen) atoms. The molecule has 132 valence electrons. The van der Waals surface area contributed by atoms with Gasteiger partial charge in [-0.2, -0.15) is 11.3 Å². The van der Waals surface area contributed by atoms with Gasteiger partial charge in [0.25, 0.3) is 0 Å². The van der Waals surface area contributed by atoms with Crippen molar-refractivity contribution in [2.75, 3.05) is 44.4 Å². The largest absolute Gasteiger partial charge is 0.491 e. The molecular weight excluding hydrogens is 336 g/mol. The second kappa shape index (κ2) is 7.45. The van der Waals surface area contributed by atoms with Gasteiger partial charge >= 0.3 is 0 Å². The quantitative estimate of drug-likeness (QED) is 0.846. The van der Waals surface area contributed by atoms with Gasteiger partial charge in [0.05, 0.1) is 26.2 Å². The number of carbonyl (C=O) groups is 1. The first kappa shape index (κ1) is 16.4. The Bertz CT molecular complexity index is 726. The fourth-order valence-corrected chi connectivity index (χ4v) is 3.96. The number of amides is 1. The molecule has 0 unspecified atom stereocenters. The second-order valence-corrected chi connectivity index (χ2v) is 7.14. The number of fused-ring (bicyclic) bond motifs is 1. The van der Waals surface area contributed by atoms with Crippen LogP contribution in [0.2, 0.25) is 0 Å². The molecule has 1 saturated heterocycles. The molecule has 0 aliphatic carbocycles. The number of carbonyl (C=O) groups excluding carboxylic acids is 1. The maximum absolute atomic E-state index is 12.7. The molecule has 1 fully saturated rings. The van der Waals surface area contributed by atoms with E-state index in [1.807, 2.05) is 27.8 Å². The lowest BCUT2D eigenvalue weighted by Crippen LogP contribution is -2.36. The highest BCUT2D eigenvalue weighted by Crippen LogP contribution is 2.29. The van der Waals surface area contributed by atoms with E-state index in [1.54, 1.807) is 11.3 Å². The molecule has 0 radical (unpaired) electrons. The highest BCUT2D eigenvalue weighted by molar-refractivity contribution is 7.08. The Balaban J connectivity index is 1.51. The summed E-state index contributed by atoms with van der Waals surface area (Å²) in [5.41, 5.74) is 3.35. The van der Waals surface area contributed by atoms with Gasteiger partial charge in [0.15, 0.2) is 0 Å². The Hall–Kier alpha value is -2.05. The molecule has 2 aliphatic heterocycles. The lowest BCUT2D eigenvalue weighted by molar-refractivity contribution is -0.131. The smallest absolute Gasteiger partial charge is 0.227 e. The predicted octanol–water partition coefficient (Wildman–Crippen LogP) is 2.55. The zero-order valence-corrected chi connectivity index (χ0v) is 15.0. The van der Waals surface area contributed by atoms with Crippen LogP contribution in [-0.2, 0) is 22.5 Å². The van der Waals surface area contributed by atoms with E-state index in [2.05, 4.69) is 17.0 Å². The van der Waals surface area contributed by atoms with E-state index in [1.165, 1.54) is 5.69 Å². The van der Waals surface area contributed by atoms with Gasteiger partial charge in [0, 0.05) is 30.9 Å². The van der Waals surface area contributed by atoms with Crippen LogP contribution in [0.5, 0.6) is 5.75 Å². The Labute approximate surface area is 151 Å². The fraction of sp³-hybridized carbons (Fsp3) is 0.421. The zero-order chi connectivity index (χ0) is 17.1. The third-order valence-corrected chi connectivity index (χ3v) is 5.42. The number of hydrogen-bond acceptors (Lipinski definition) is 5. The first-order chi connectivity index (χ1) is 12.3. The van der Waals surface area contributed by atoms with Crippen LogP contribution in [0.1, 0.15) is 11.1 Å². The van der Waals surface area contributed by atoms with E-state index in [0.29, 0.717) is 26.1 Å². The van der Waals surface area contributed by atoms with Crippen LogP contribution >= 0.6 is 11.3 Å². The average molecular weight is 358 g/mol. The summed E-state index contributed by atoms with van der Waals surface area (Å²) < 4.78 is 11.3. The summed E-state index contributed by atoms with van der Waals surface area (Å²) in [6.45, 7) is 5.11. The van der Waals surface area contributed by atoms with Gasteiger partial charge in [-0.25, -0.2) is 0 Å². The SMILES string of the molecule is O=C(Cc1ccsc1)N1CCOc2ccc(N3CCOCC3)cc2C1. The number of anilines is 1. The normalized spacial score (nSPS) is 17.6. The van der Waals surface area contributed by atoms with Crippen LogP contribution in [0.25, 0.3) is 0 Å². The summed E-state index contributed by atoms with van der Waals surface area (Å²) in [4.78, 5) is 16.9.